The smallest absolute Gasteiger partial charge is 0.336 e. The van der Waals surface area contributed by atoms with Crippen molar-refractivity contribution in [2.45, 2.75) is 32.0 Å². The number of ether oxygens (including phenoxy) is 2. The van der Waals surface area contributed by atoms with Crippen molar-refractivity contribution in [3.05, 3.63) is 71.2 Å². The summed E-state index contributed by atoms with van der Waals surface area (Å²) >= 11 is 0. The molecule has 0 fully saturated rings. The number of pyridine rings is 2. The minimum absolute atomic E-state index is 0.0903. The summed E-state index contributed by atoms with van der Waals surface area (Å²) in [7, 11) is 1.29. The van der Waals surface area contributed by atoms with Crippen LogP contribution in [0.1, 0.15) is 40.7 Å². The van der Waals surface area contributed by atoms with Crippen LogP contribution in [0.2, 0.25) is 0 Å². The molecule has 0 spiro atoms. The molecule has 0 bridgehead atoms. The molecule has 5 rings (SSSR count). The van der Waals surface area contributed by atoms with E-state index in [9.17, 15) is 18.8 Å². The van der Waals surface area contributed by atoms with Gasteiger partial charge in [0, 0.05) is 17.1 Å². The van der Waals surface area contributed by atoms with E-state index < -0.39 is 12.0 Å². The lowest BCUT2D eigenvalue weighted by Crippen LogP contribution is -2.33. The Morgan fingerprint density at radius 3 is 2.89 bits per heavy atom. The molecular weight excluding hydrogens is 482 g/mol. The number of nitriles is 1. The maximum atomic E-state index is 13.2. The van der Waals surface area contributed by atoms with Crippen LogP contribution in [0.3, 0.4) is 0 Å². The summed E-state index contributed by atoms with van der Waals surface area (Å²) in [6, 6.07) is 12.7. The summed E-state index contributed by atoms with van der Waals surface area (Å²) in [5.41, 5.74) is 3.18. The second-order valence-corrected chi connectivity index (χ2v) is 8.85. The fraction of sp³-hybridized carbons (Fsp3) is 0.269. The molecule has 0 radical (unpaired) electrons. The van der Waals surface area contributed by atoms with Crippen molar-refractivity contribution in [1.29, 1.82) is 5.26 Å². The van der Waals surface area contributed by atoms with Crippen molar-refractivity contribution in [3.63, 3.8) is 0 Å². The van der Waals surface area contributed by atoms with E-state index in [1.165, 1.54) is 13.3 Å². The van der Waals surface area contributed by atoms with E-state index in [-0.39, 0.29) is 24.9 Å². The molecule has 1 atom stereocenters. The van der Waals surface area contributed by atoms with E-state index in [0.717, 1.165) is 16.5 Å². The number of nitrogens with zero attached hydrogens (tertiary/aromatic N) is 5. The molecular formula is C26H22F2N6O3. The van der Waals surface area contributed by atoms with Gasteiger partial charge in [-0.25, -0.2) is 4.98 Å². The lowest BCUT2D eigenvalue weighted by atomic mass is 9.79. The van der Waals surface area contributed by atoms with Gasteiger partial charge in [0.15, 0.2) is 0 Å². The van der Waals surface area contributed by atoms with Gasteiger partial charge in [-0.1, -0.05) is 6.07 Å². The van der Waals surface area contributed by atoms with Gasteiger partial charge >= 0.3 is 6.55 Å². The number of amides is 1. The van der Waals surface area contributed by atoms with Crippen LogP contribution in [-0.4, -0.2) is 39.4 Å². The van der Waals surface area contributed by atoms with Crippen LogP contribution in [0, 0.1) is 11.3 Å². The standard InChI is InChI=1S/C26H22F2N6O3/c1-26(13-29)14-37-12-17-4-3-15(7-20(17)26)23(35)31-10-18-8-22-16(9-30-18)5-6-21(33-22)19-11-32-34(25(27)28)24(19)36-2/h3-9,11,25H,10,12,14H2,1-2H3,(H,31,35)/t26-/m1/s1. The maximum Gasteiger partial charge on any atom is 0.336 e. The molecule has 1 N–H and O–H groups in total. The molecule has 4 aromatic rings. The Bertz CT molecular complexity index is 1550. The van der Waals surface area contributed by atoms with Crippen LogP contribution in [0.5, 0.6) is 5.88 Å². The van der Waals surface area contributed by atoms with Crippen molar-refractivity contribution in [1.82, 2.24) is 25.1 Å². The zero-order valence-corrected chi connectivity index (χ0v) is 20.0. The molecule has 37 heavy (non-hydrogen) atoms. The maximum absolute atomic E-state index is 13.2. The SMILES string of the molecule is COc1c(-c2ccc3cnc(CNC(=O)c4ccc5c(c4)[C@](C)(C#N)COC5)cc3n2)cnn1C(F)F. The molecule has 9 nitrogen and oxygen atoms in total. The Hall–Kier alpha value is -4.43. The lowest BCUT2D eigenvalue weighted by molar-refractivity contribution is 0.0479. The molecule has 0 unspecified atom stereocenters. The highest BCUT2D eigenvalue weighted by molar-refractivity contribution is 5.94. The number of benzene rings is 1. The minimum atomic E-state index is -2.85. The summed E-state index contributed by atoms with van der Waals surface area (Å²) in [6.07, 6.45) is 2.91. The summed E-state index contributed by atoms with van der Waals surface area (Å²) in [6.45, 7) is -0.240. The number of methoxy groups -OCH3 is 1. The molecule has 1 aliphatic rings. The largest absolute Gasteiger partial charge is 0.481 e. The third-order valence-electron chi connectivity index (χ3n) is 6.33. The van der Waals surface area contributed by atoms with Gasteiger partial charge in [0.05, 0.1) is 61.6 Å². The molecule has 0 saturated carbocycles. The van der Waals surface area contributed by atoms with Gasteiger partial charge < -0.3 is 14.8 Å². The van der Waals surface area contributed by atoms with E-state index in [2.05, 4.69) is 26.5 Å². The molecule has 1 aromatic carbocycles. The summed E-state index contributed by atoms with van der Waals surface area (Å²) in [5.74, 6) is -0.394. The van der Waals surface area contributed by atoms with Crippen LogP contribution in [0.25, 0.3) is 22.2 Å². The third-order valence-corrected chi connectivity index (χ3v) is 6.33. The number of nitrogens with one attached hydrogen (secondary N) is 1. The number of carbonyl (C=O) groups is 1. The Morgan fingerprint density at radius 2 is 2.14 bits per heavy atom. The second kappa shape index (κ2) is 9.55. The van der Waals surface area contributed by atoms with Crippen LogP contribution >= 0.6 is 0 Å². The van der Waals surface area contributed by atoms with Gasteiger partial charge in [0.25, 0.3) is 5.91 Å². The third kappa shape index (κ3) is 4.47. The van der Waals surface area contributed by atoms with Crippen LogP contribution in [0.15, 0.2) is 48.8 Å². The average Bonchev–Trinajstić information content (AvgIpc) is 3.36. The molecule has 188 valence electrons. The Labute approximate surface area is 210 Å². The number of alkyl halides is 2. The fourth-order valence-electron chi connectivity index (χ4n) is 4.34. The number of halogens is 2. The minimum Gasteiger partial charge on any atom is -0.481 e. The van der Waals surface area contributed by atoms with Crippen molar-refractivity contribution in [3.8, 4) is 23.2 Å². The molecule has 11 heteroatoms. The van der Waals surface area contributed by atoms with Gasteiger partial charge in [-0.2, -0.15) is 23.8 Å². The number of hydrogen-bond donors (Lipinski definition) is 1. The van der Waals surface area contributed by atoms with Gasteiger partial charge in [0.2, 0.25) is 5.88 Å². The first-order valence-corrected chi connectivity index (χ1v) is 11.4. The topological polar surface area (TPSA) is 115 Å². The predicted octanol–water partition coefficient (Wildman–Crippen LogP) is 4.14. The van der Waals surface area contributed by atoms with Gasteiger partial charge in [-0.15, -0.1) is 0 Å². The fourth-order valence-corrected chi connectivity index (χ4v) is 4.34. The quantitative estimate of drug-likeness (QED) is 0.420. The van der Waals surface area contributed by atoms with Crippen LogP contribution in [0.4, 0.5) is 8.78 Å². The molecule has 0 saturated heterocycles. The number of aromatic nitrogens is 4. The van der Waals surface area contributed by atoms with Crippen LogP contribution < -0.4 is 10.1 Å². The normalized spacial score (nSPS) is 16.9. The summed E-state index contributed by atoms with van der Waals surface area (Å²) in [4.78, 5) is 21.8. The molecule has 3 aromatic heterocycles. The van der Waals surface area contributed by atoms with Crippen molar-refractivity contribution in [2.24, 2.45) is 0 Å². The number of rotatable bonds is 6. The molecule has 1 aliphatic heterocycles. The average molecular weight is 504 g/mol. The van der Waals surface area contributed by atoms with Gasteiger partial charge in [-0.05, 0) is 48.4 Å². The summed E-state index contributed by atoms with van der Waals surface area (Å²) < 4.78 is 37.5. The number of fused-ring (bicyclic) bond motifs is 2. The Kier molecular flexibility index (Phi) is 6.27. The summed E-state index contributed by atoms with van der Waals surface area (Å²) in [5, 5.41) is 16.9. The monoisotopic (exact) mass is 504 g/mol. The lowest BCUT2D eigenvalue weighted by Gasteiger charge is -2.30. The molecule has 1 amide bonds. The first kappa shape index (κ1) is 24.3. The van der Waals surface area contributed by atoms with Gasteiger partial charge in [-0.3, -0.25) is 9.78 Å². The Balaban J connectivity index is 1.36. The highest BCUT2D eigenvalue weighted by Gasteiger charge is 2.33. The van der Waals surface area contributed by atoms with Crippen LogP contribution in [-0.2, 0) is 23.3 Å². The predicted molar refractivity (Wildman–Crippen MR) is 129 cm³/mol. The van der Waals surface area contributed by atoms with E-state index >= 15 is 0 Å². The van der Waals surface area contributed by atoms with Crippen molar-refractivity contribution < 1.29 is 23.0 Å². The molecule has 0 aliphatic carbocycles. The second-order valence-electron chi connectivity index (χ2n) is 8.85. The van der Waals surface area contributed by atoms with E-state index in [4.69, 9.17) is 9.47 Å². The van der Waals surface area contributed by atoms with E-state index in [1.807, 2.05) is 6.07 Å². The zero-order valence-electron chi connectivity index (χ0n) is 20.0. The van der Waals surface area contributed by atoms with Gasteiger partial charge in [0.1, 0.15) is 5.41 Å². The van der Waals surface area contributed by atoms with E-state index in [1.54, 1.807) is 43.5 Å². The number of carbonyl (C=O) groups excluding carboxylic acids is 1. The highest BCUT2D eigenvalue weighted by Crippen LogP contribution is 2.33. The Morgan fingerprint density at radius 1 is 1.30 bits per heavy atom. The number of hydrogen-bond acceptors (Lipinski definition) is 7. The van der Waals surface area contributed by atoms with E-state index in [0.29, 0.717) is 39.3 Å². The zero-order chi connectivity index (χ0) is 26.2. The van der Waals surface area contributed by atoms with Crippen molar-refractivity contribution in [2.75, 3.05) is 13.7 Å². The van der Waals surface area contributed by atoms with Crippen molar-refractivity contribution >= 4 is 16.8 Å². The molecule has 4 heterocycles. The first-order valence-electron chi connectivity index (χ1n) is 11.4. The first-order chi connectivity index (χ1) is 17.8. The highest BCUT2D eigenvalue weighted by atomic mass is 19.3.